The highest BCUT2D eigenvalue weighted by molar-refractivity contribution is 5.89. The number of aryl methyl sites for hydroxylation is 1. The largest absolute Gasteiger partial charge is 0.351 e. The van der Waals surface area contributed by atoms with E-state index in [2.05, 4.69) is 80.7 Å². The first-order valence-electron chi connectivity index (χ1n) is 12.7. The molecule has 0 aliphatic carbocycles. The maximum Gasteiger partial charge on any atom is 0.261 e. The van der Waals surface area contributed by atoms with Gasteiger partial charge >= 0.3 is 0 Å². The van der Waals surface area contributed by atoms with Gasteiger partial charge < -0.3 is 9.47 Å². The average molecular weight is 457 g/mol. The molecule has 1 aliphatic heterocycles. The minimum Gasteiger partial charge on any atom is -0.351 e. The van der Waals surface area contributed by atoms with E-state index >= 15 is 0 Å². The Labute approximate surface area is 202 Å². The van der Waals surface area contributed by atoms with E-state index in [1.165, 1.54) is 23.7 Å². The normalized spacial score (nSPS) is 17.4. The molecular formula is C29H36N4O. The fourth-order valence-corrected chi connectivity index (χ4v) is 5.47. The number of likely N-dealkylation sites (tertiary alicyclic amines) is 1. The van der Waals surface area contributed by atoms with Crippen molar-refractivity contribution in [3.63, 3.8) is 0 Å². The Hall–Kier alpha value is -2.92. The summed E-state index contributed by atoms with van der Waals surface area (Å²) in [6.45, 7) is 11.8. The molecule has 1 saturated heterocycles. The third kappa shape index (κ3) is 4.18. The van der Waals surface area contributed by atoms with Crippen LogP contribution in [0.15, 0.2) is 53.5 Å². The first kappa shape index (κ1) is 22.9. The predicted molar refractivity (Wildman–Crippen MR) is 141 cm³/mol. The number of hydrogen-bond acceptors (Lipinski definition) is 3. The van der Waals surface area contributed by atoms with Crippen LogP contribution in [0.2, 0.25) is 0 Å². The minimum atomic E-state index is 0.0954. The molecule has 1 fully saturated rings. The van der Waals surface area contributed by atoms with Gasteiger partial charge in [0.1, 0.15) is 5.82 Å². The van der Waals surface area contributed by atoms with Crippen LogP contribution in [0.5, 0.6) is 0 Å². The minimum absolute atomic E-state index is 0.0954. The second-order valence-electron chi connectivity index (χ2n) is 10.6. The molecule has 0 amide bonds. The van der Waals surface area contributed by atoms with Gasteiger partial charge in [-0.25, -0.2) is 4.98 Å². The van der Waals surface area contributed by atoms with Crippen LogP contribution in [0.25, 0.3) is 32.9 Å². The van der Waals surface area contributed by atoms with Crippen LogP contribution in [-0.4, -0.2) is 38.1 Å². The molecule has 0 unspecified atom stereocenters. The highest BCUT2D eigenvalue weighted by atomic mass is 16.1. The van der Waals surface area contributed by atoms with Gasteiger partial charge in [-0.3, -0.25) is 9.36 Å². The van der Waals surface area contributed by atoms with Gasteiger partial charge in [-0.15, -0.1) is 0 Å². The molecule has 1 atom stereocenters. The van der Waals surface area contributed by atoms with Crippen LogP contribution in [0, 0.1) is 5.92 Å². The Morgan fingerprint density at radius 3 is 2.56 bits per heavy atom. The van der Waals surface area contributed by atoms with E-state index in [0.29, 0.717) is 17.3 Å². The van der Waals surface area contributed by atoms with Crippen molar-refractivity contribution < 1.29 is 0 Å². The van der Waals surface area contributed by atoms with Gasteiger partial charge in [-0.2, -0.15) is 0 Å². The summed E-state index contributed by atoms with van der Waals surface area (Å²) in [7, 11) is 2.06. The summed E-state index contributed by atoms with van der Waals surface area (Å²) in [6.07, 6.45) is 4.45. The van der Waals surface area contributed by atoms with Crippen LogP contribution < -0.4 is 5.56 Å². The molecule has 5 heteroatoms. The van der Waals surface area contributed by atoms with Crippen molar-refractivity contribution in [1.29, 1.82) is 0 Å². The van der Waals surface area contributed by atoms with E-state index in [4.69, 9.17) is 4.98 Å². The van der Waals surface area contributed by atoms with Crippen molar-refractivity contribution in [3.8, 4) is 11.1 Å². The van der Waals surface area contributed by atoms with E-state index in [1.54, 1.807) is 0 Å². The van der Waals surface area contributed by atoms with Crippen molar-refractivity contribution in [2.75, 3.05) is 13.1 Å². The van der Waals surface area contributed by atoms with Crippen LogP contribution in [0.3, 0.4) is 0 Å². The van der Waals surface area contributed by atoms with Gasteiger partial charge in [0.2, 0.25) is 0 Å². The highest BCUT2D eigenvalue weighted by Gasteiger charge is 2.24. The number of rotatable bonds is 5. The number of piperidine rings is 1. The Bertz CT molecular complexity index is 1390. The molecule has 5 rings (SSSR count). The molecule has 0 saturated carbocycles. The van der Waals surface area contributed by atoms with Crippen molar-refractivity contribution in [3.05, 3.63) is 64.8 Å². The zero-order valence-electron chi connectivity index (χ0n) is 21.1. The Kier molecular flexibility index (Phi) is 6.07. The Morgan fingerprint density at radius 1 is 1.03 bits per heavy atom. The van der Waals surface area contributed by atoms with Crippen molar-refractivity contribution in [1.82, 2.24) is 19.0 Å². The number of aromatic nitrogens is 3. The molecule has 3 heterocycles. The van der Waals surface area contributed by atoms with E-state index in [0.717, 1.165) is 42.1 Å². The molecule has 0 radical (unpaired) electrons. The monoisotopic (exact) mass is 456 g/mol. The SMILES string of the molecule is CC(C)c1nc2ccc(-c3ccc4c(ccn4C)c3)cc2c(=O)n1C[C@H]1CCCN(C(C)C)C1. The van der Waals surface area contributed by atoms with Crippen LogP contribution in [-0.2, 0) is 13.6 Å². The number of nitrogens with zero attached hydrogens (tertiary/aromatic N) is 4. The fraction of sp³-hybridized carbons (Fsp3) is 0.448. The lowest BCUT2D eigenvalue weighted by Gasteiger charge is -2.36. The number of fused-ring (bicyclic) bond motifs is 2. The molecule has 0 spiro atoms. The van der Waals surface area contributed by atoms with Crippen molar-refractivity contribution in [2.24, 2.45) is 13.0 Å². The molecule has 4 aromatic rings. The lowest BCUT2D eigenvalue weighted by molar-refractivity contribution is 0.129. The van der Waals surface area contributed by atoms with Crippen LogP contribution in [0.4, 0.5) is 0 Å². The summed E-state index contributed by atoms with van der Waals surface area (Å²) >= 11 is 0. The summed E-state index contributed by atoms with van der Waals surface area (Å²) < 4.78 is 4.10. The lowest BCUT2D eigenvalue weighted by Crippen LogP contribution is -2.42. The Morgan fingerprint density at radius 2 is 1.79 bits per heavy atom. The van der Waals surface area contributed by atoms with Crippen LogP contribution in [0.1, 0.15) is 52.3 Å². The van der Waals surface area contributed by atoms with Gasteiger partial charge in [-0.05, 0) is 80.6 Å². The highest BCUT2D eigenvalue weighted by Crippen LogP contribution is 2.28. The fourth-order valence-electron chi connectivity index (χ4n) is 5.47. The van der Waals surface area contributed by atoms with Gasteiger partial charge in [-0.1, -0.05) is 26.0 Å². The quantitative estimate of drug-likeness (QED) is 0.381. The van der Waals surface area contributed by atoms with E-state index in [9.17, 15) is 4.79 Å². The summed E-state index contributed by atoms with van der Waals surface area (Å²) in [4.78, 5) is 21.4. The zero-order valence-corrected chi connectivity index (χ0v) is 21.1. The molecule has 0 bridgehead atoms. The predicted octanol–water partition coefficient (Wildman–Crippen LogP) is 5.80. The average Bonchev–Trinajstić information content (AvgIpc) is 3.20. The summed E-state index contributed by atoms with van der Waals surface area (Å²) in [6, 6.07) is 15.3. The maximum absolute atomic E-state index is 13.8. The Balaban J connectivity index is 1.56. The van der Waals surface area contributed by atoms with E-state index in [-0.39, 0.29) is 11.5 Å². The van der Waals surface area contributed by atoms with Crippen molar-refractivity contribution in [2.45, 2.75) is 59.0 Å². The first-order chi connectivity index (χ1) is 16.3. The third-order valence-electron chi connectivity index (χ3n) is 7.44. The van der Waals surface area contributed by atoms with Gasteiger partial charge in [0.15, 0.2) is 0 Å². The molecule has 1 aliphatic rings. The molecular weight excluding hydrogens is 420 g/mol. The zero-order chi connectivity index (χ0) is 24.0. The molecule has 2 aromatic heterocycles. The standard InChI is InChI=1S/C29H36N4O/c1-19(2)28-30-26-10-8-23(22-9-11-27-24(15-22)12-14-31(27)5)16-25(26)29(34)33(28)18-21-7-6-13-32(17-21)20(3)4/h8-12,14-16,19-21H,6-7,13,17-18H2,1-5H3/t21-/m0/s1. The van der Waals surface area contributed by atoms with Crippen LogP contribution >= 0.6 is 0 Å². The summed E-state index contributed by atoms with van der Waals surface area (Å²) in [5.41, 5.74) is 4.28. The van der Waals surface area contributed by atoms with Gasteiger partial charge in [0.25, 0.3) is 5.56 Å². The topological polar surface area (TPSA) is 43.1 Å². The third-order valence-corrected chi connectivity index (χ3v) is 7.44. The second kappa shape index (κ2) is 9.03. The number of benzene rings is 2. The van der Waals surface area contributed by atoms with Crippen molar-refractivity contribution >= 4 is 21.8 Å². The van der Waals surface area contributed by atoms with E-state index < -0.39 is 0 Å². The molecule has 2 aromatic carbocycles. The molecule has 0 N–H and O–H groups in total. The number of hydrogen-bond donors (Lipinski definition) is 0. The summed E-state index contributed by atoms with van der Waals surface area (Å²) in [5.74, 6) is 1.58. The smallest absolute Gasteiger partial charge is 0.261 e. The molecule has 5 nitrogen and oxygen atoms in total. The van der Waals surface area contributed by atoms with Gasteiger partial charge in [0, 0.05) is 49.2 Å². The molecule has 178 valence electrons. The first-order valence-corrected chi connectivity index (χ1v) is 12.7. The second-order valence-corrected chi connectivity index (χ2v) is 10.6. The van der Waals surface area contributed by atoms with Gasteiger partial charge in [0.05, 0.1) is 10.9 Å². The van der Waals surface area contributed by atoms with E-state index in [1.807, 2.05) is 16.7 Å². The maximum atomic E-state index is 13.8. The lowest BCUT2D eigenvalue weighted by atomic mass is 9.96. The molecule has 34 heavy (non-hydrogen) atoms. The summed E-state index contributed by atoms with van der Waals surface area (Å²) in [5, 5.41) is 1.92.